The Morgan fingerprint density at radius 3 is 3.06 bits per heavy atom. The molecule has 2 aromatic heterocycles. The molecular formula is C9H12ClN5O. The van der Waals surface area contributed by atoms with Crippen LogP contribution >= 0.6 is 11.6 Å². The smallest absolute Gasteiger partial charge is 0.226 e. The molecule has 1 N–H and O–H groups in total. The molecule has 0 saturated carbocycles. The Labute approximate surface area is 97.6 Å². The van der Waals surface area contributed by atoms with Crippen LogP contribution in [-0.2, 0) is 4.74 Å². The first-order valence-corrected chi connectivity index (χ1v) is 5.17. The molecule has 0 bridgehead atoms. The van der Waals surface area contributed by atoms with Crippen LogP contribution in [0.5, 0.6) is 0 Å². The number of aromatic nitrogens is 4. The van der Waals surface area contributed by atoms with Gasteiger partial charge in [0.1, 0.15) is 5.52 Å². The highest BCUT2D eigenvalue weighted by Crippen LogP contribution is 2.21. The van der Waals surface area contributed by atoms with Crippen molar-refractivity contribution in [3.05, 3.63) is 11.6 Å². The van der Waals surface area contributed by atoms with Crippen molar-refractivity contribution in [2.75, 3.05) is 32.2 Å². The molecule has 2 heterocycles. The summed E-state index contributed by atoms with van der Waals surface area (Å²) in [5.74, 6) is 0.726. The van der Waals surface area contributed by atoms with Crippen LogP contribution in [0.15, 0.2) is 6.33 Å². The molecule has 0 aliphatic carbocycles. The summed E-state index contributed by atoms with van der Waals surface area (Å²) in [7, 11) is 3.57. The number of hydrogen-bond acceptors (Lipinski definition) is 5. The molecular weight excluding hydrogens is 230 g/mol. The van der Waals surface area contributed by atoms with Crippen LogP contribution in [0.4, 0.5) is 5.82 Å². The number of hydrogen-bond donors (Lipinski definition) is 1. The number of halogens is 1. The highest BCUT2D eigenvalue weighted by molar-refractivity contribution is 6.28. The van der Waals surface area contributed by atoms with Crippen LogP contribution in [0.2, 0.25) is 5.28 Å². The van der Waals surface area contributed by atoms with Crippen molar-refractivity contribution in [1.82, 2.24) is 19.9 Å². The fourth-order valence-electron chi connectivity index (χ4n) is 1.40. The maximum atomic E-state index is 5.82. The van der Waals surface area contributed by atoms with E-state index in [9.17, 15) is 0 Å². The van der Waals surface area contributed by atoms with E-state index < -0.39 is 0 Å². The third kappa shape index (κ3) is 2.07. The molecule has 6 nitrogen and oxygen atoms in total. The molecule has 0 saturated heterocycles. The van der Waals surface area contributed by atoms with E-state index >= 15 is 0 Å². The summed E-state index contributed by atoms with van der Waals surface area (Å²) in [6.07, 6.45) is 1.57. The van der Waals surface area contributed by atoms with Crippen molar-refractivity contribution < 1.29 is 4.74 Å². The zero-order valence-corrected chi connectivity index (χ0v) is 9.82. The van der Waals surface area contributed by atoms with Crippen molar-refractivity contribution in [3.63, 3.8) is 0 Å². The van der Waals surface area contributed by atoms with Crippen molar-refractivity contribution in [3.8, 4) is 0 Å². The SMILES string of the molecule is COCCN(C)c1nc(Cl)nc2nc[nH]c12. The molecule has 0 aliphatic rings. The summed E-state index contributed by atoms with van der Waals surface area (Å²) in [5, 5.41) is 0.193. The maximum absolute atomic E-state index is 5.82. The second-order valence-corrected chi connectivity index (χ2v) is 3.67. The van der Waals surface area contributed by atoms with Gasteiger partial charge in [0.15, 0.2) is 11.5 Å². The minimum Gasteiger partial charge on any atom is -0.383 e. The van der Waals surface area contributed by atoms with E-state index in [-0.39, 0.29) is 5.28 Å². The molecule has 0 fully saturated rings. The van der Waals surface area contributed by atoms with Gasteiger partial charge < -0.3 is 14.6 Å². The van der Waals surface area contributed by atoms with Gasteiger partial charge in [-0.3, -0.25) is 0 Å². The predicted molar refractivity (Wildman–Crippen MR) is 61.8 cm³/mol. The lowest BCUT2D eigenvalue weighted by atomic mass is 10.4. The number of rotatable bonds is 4. The quantitative estimate of drug-likeness (QED) is 0.812. The lowest BCUT2D eigenvalue weighted by Crippen LogP contribution is -2.23. The van der Waals surface area contributed by atoms with Gasteiger partial charge >= 0.3 is 0 Å². The lowest BCUT2D eigenvalue weighted by Gasteiger charge is -2.17. The largest absolute Gasteiger partial charge is 0.383 e. The molecule has 0 aliphatic heterocycles. The van der Waals surface area contributed by atoms with Gasteiger partial charge in [-0.1, -0.05) is 0 Å². The maximum Gasteiger partial charge on any atom is 0.226 e. The van der Waals surface area contributed by atoms with E-state index in [2.05, 4.69) is 19.9 Å². The third-order valence-corrected chi connectivity index (χ3v) is 2.40. The van der Waals surface area contributed by atoms with Gasteiger partial charge in [0.2, 0.25) is 5.28 Å². The highest BCUT2D eigenvalue weighted by Gasteiger charge is 2.12. The number of imidazole rings is 1. The van der Waals surface area contributed by atoms with Crippen molar-refractivity contribution in [2.24, 2.45) is 0 Å². The Morgan fingerprint density at radius 2 is 2.31 bits per heavy atom. The summed E-state index contributed by atoms with van der Waals surface area (Å²) in [4.78, 5) is 17.2. The van der Waals surface area contributed by atoms with Crippen molar-refractivity contribution >= 4 is 28.6 Å². The Kier molecular flexibility index (Phi) is 3.21. The number of nitrogens with zero attached hydrogens (tertiary/aromatic N) is 4. The summed E-state index contributed by atoms with van der Waals surface area (Å²) in [6.45, 7) is 1.34. The normalized spacial score (nSPS) is 10.9. The van der Waals surface area contributed by atoms with E-state index in [1.807, 2.05) is 11.9 Å². The number of nitrogens with one attached hydrogen (secondary N) is 1. The second kappa shape index (κ2) is 4.63. The average molecular weight is 242 g/mol. The molecule has 0 atom stereocenters. The van der Waals surface area contributed by atoms with Crippen LogP contribution in [-0.4, -0.2) is 47.2 Å². The molecule has 0 aromatic carbocycles. The van der Waals surface area contributed by atoms with Gasteiger partial charge in [0, 0.05) is 20.7 Å². The first-order chi connectivity index (χ1) is 7.72. The fraction of sp³-hybridized carbons (Fsp3) is 0.444. The molecule has 0 unspecified atom stereocenters. The van der Waals surface area contributed by atoms with Gasteiger partial charge in [0.05, 0.1) is 12.9 Å². The molecule has 0 spiro atoms. The van der Waals surface area contributed by atoms with Gasteiger partial charge in [-0.2, -0.15) is 9.97 Å². The second-order valence-electron chi connectivity index (χ2n) is 3.33. The first kappa shape index (κ1) is 11.1. The van der Waals surface area contributed by atoms with Crippen molar-refractivity contribution in [1.29, 1.82) is 0 Å². The van der Waals surface area contributed by atoms with Crippen LogP contribution in [0, 0.1) is 0 Å². The fourth-order valence-corrected chi connectivity index (χ4v) is 1.56. The molecule has 16 heavy (non-hydrogen) atoms. The topological polar surface area (TPSA) is 66.9 Å². The summed E-state index contributed by atoms with van der Waals surface area (Å²) >= 11 is 5.82. The number of likely N-dealkylation sites (N-methyl/N-ethyl adjacent to an activating group) is 1. The zero-order valence-electron chi connectivity index (χ0n) is 9.07. The number of aromatic amines is 1. The Hall–Kier alpha value is -1.40. The molecule has 2 rings (SSSR count). The lowest BCUT2D eigenvalue weighted by molar-refractivity contribution is 0.206. The van der Waals surface area contributed by atoms with Crippen LogP contribution in [0.1, 0.15) is 0 Å². The number of methoxy groups -OCH3 is 1. The number of anilines is 1. The third-order valence-electron chi connectivity index (χ3n) is 2.23. The van der Waals surface area contributed by atoms with E-state index in [1.54, 1.807) is 13.4 Å². The number of fused-ring (bicyclic) bond motifs is 1. The summed E-state index contributed by atoms with van der Waals surface area (Å²) in [6, 6.07) is 0. The number of ether oxygens (including phenoxy) is 1. The minimum absolute atomic E-state index is 0.193. The standard InChI is InChI=1S/C9H12ClN5O/c1-15(3-4-16-2)8-6-7(12-5-11-6)13-9(10)14-8/h5H,3-4H2,1-2H3,(H,11,12,13,14). The molecule has 0 radical (unpaired) electrons. The minimum atomic E-state index is 0.193. The van der Waals surface area contributed by atoms with Gasteiger partial charge in [-0.05, 0) is 11.6 Å². The summed E-state index contributed by atoms with van der Waals surface area (Å²) < 4.78 is 5.01. The van der Waals surface area contributed by atoms with E-state index in [0.717, 1.165) is 17.9 Å². The van der Waals surface area contributed by atoms with E-state index in [1.165, 1.54) is 0 Å². The molecule has 7 heteroatoms. The molecule has 2 aromatic rings. The van der Waals surface area contributed by atoms with Gasteiger partial charge in [0.25, 0.3) is 0 Å². The van der Waals surface area contributed by atoms with Gasteiger partial charge in [-0.25, -0.2) is 4.98 Å². The average Bonchev–Trinajstić information content (AvgIpc) is 2.72. The molecule has 0 amide bonds. The number of H-pyrrole nitrogens is 1. The Balaban J connectivity index is 2.38. The monoisotopic (exact) mass is 241 g/mol. The molecule has 86 valence electrons. The first-order valence-electron chi connectivity index (χ1n) is 4.79. The van der Waals surface area contributed by atoms with Crippen molar-refractivity contribution in [2.45, 2.75) is 0 Å². The Morgan fingerprint density at radius 1 is 1.50 bits per heavy atom. The summed E-state index contributed by atoms with van der Waals surface area (Å²) in [5.41, 5.74) is 1.35. The Bertz CT molecular complexity index is 486. The highest BCUT2D eigenvalue weighted by atomic mass is 35.5. The zero-order chi connectivity index (χ0) is 11.5. The van der Waals surface area contributed by atoms with Crippen LogP contribution in [0.25, 0.3) is 11.2 Å². The van der Waals surface area contributed by atoms with E-state index in [4.69, 9.17) is 16.3 Å². The predicted octanol–water partition coefficient (Wildman–Crippen LogP) is 1.09. The van der Waals surface area contributed by atoms with Crippen LogP contribution < -0.4 is 4.90 Å². The van der Waals surface area contributed by atoms with Gasteiger partial charge in [-0.15, -0.1) is 0 Å². The van der Waals surface area contributed by atoms with E-state index in [0.29, 0.717) is 12.3 Å². The van der Waals surface area contributed by atoms with Crippen LogP contribution in [0.3, 0.4) is 0 Å².